The number of ether oxygens (including phenoxy) is 2. The lowest BCUT2D eigenvalue weighted by atomic mass is 9.41. The molecule has 37 heavy (non-hydrogen) atoms. The van der Waals surface area contributed by atoms with E-state index in [4.69, 9.17) is 9.47 Å². The van der Waals surface area contributed by atoms with E-state index in [1.165, 1.54) is 46.0 Å². The van der Waals surface area contributed by atoms with Crippen LogP contribution < -0.4 is 0 Å². The van der Waals surface area contributed by atoms with Crippen molar-refractivity contribution in [3.63, 3.8) is 0 Å². The topological polar surface area (TPSA) is 93.1 Å². The van der Waals surface area contributed by atoms with Crippen molar-refractivity contribution in [1.29, 1.82) is 0 Å². The zero-order chi connectivity index (χ0) is 27.3. The molecule has 0 aromatic heterocycles. The first-order valence-corrected chi connectivity index (χ1v) is 15.0. The highest BCUT2D eigenvalue weighted by Gasteiger charge is 2.71. The Morgan fingerprint density at radius 1 is 0.919 bits per heavy atom. The standard InChI is InChI=1S/C31H52O6/c1-18(2)9-8-10-19(3)23-11-12-24-22-17-27(37-21(5)33)31(35)28(34)26(36-20(4)32)14-16-30(31,7)25(22)13-15-29(23,24)6/h18-19,22-28,34-35H,8-17H2,1-7H3/t19-,22+,23-,24+,25+,26+,27-,28+,29-,30-,31+/m1/s1. The summed E-state index contributed by atoms with van der Waals surface area (Å²) in [5, 5.41) is 23.8. The molecular weight excluding hydrogens is 468 g/mol. The SMILES string of the molecule is CC(=O)O[C@H]1CC[C@]2(C)[C@H]3CC[C@]4(C)[C@@H]([C@H](C)CCCC(C)C)CC[C@H]4[C@@H]3C[C@@H](OC(C)=O)[C@]2(O)[C@H]1O. The quantitative estimate of drug-likeness (QED) is 0.420. The molecule has 212 valence electrons. The first-order chi connectivity index (χ1) is 17.3. The van der Waals surface area contributed by atoms with Crippen LogP contribution in [0.25, 0.3) is 0 Å². The second-order valence-corrected chi connectivity index (χ2v) is 14.1. The minimum absolute atomic E-state index is 0.241. The van der Waals surface area contributed by atoms with Gasteiger partial charge in [-0.25, -0.2) is 0 Å². The number of hydrogen-bond acceptors (Lipinski definition) is 6. The number of esters is 2. The third-order valence-electron chi connectivity index (χ3n) is 11.7. The predicted molar refractivity (Wildman–Crippen MR) is 142 cm³/mol. The number of carbonyl (C=O) groups excluding carboxylic acids is 2. The average Bonchev–Trinajstić information content (AvgIpc) is 3.15. The lowest BCUT2D eigenvalue weighted by Gasteiger charge is -2.66. The second kappa shape index (κ2) is 10.4. The monoisotopic (exact) mass is 520 g/mol. The van der Waals surface area contributed by atoms with Crippen LogP contribution in [0.4, 0.5) is 0 Å². The van der Waals surface area contributed by atoms with Crippen LogP contribution >= 0.6 is 0 Å². The summed E-state index contributed by atoms with van der Waals surface area (Å²) in [5.74, 6) is 2.37. The molecule has 0 bridgehead atoms. The number of aliphatic hydroxyl groups excluding tert-OH is 1. The first kappa shape index (κ1) is 28.9. The van der Waals surface area contributed by atoms with Gasteiger partial charge in [-0.15, -0.1) is 0 Å². The summed E-state index contributed by atoms with van der Waals surface area (Å²) in [4.78, 5) is 24.0. The van der Waals surface area contributed by atoms with Crippen molar-refractivity contribution in [2.75, 3.05) is 0 Å². The van der Waals surface area contributed by atoms with Gasteiger partial charge in [0.05, 0.1) is 0 Å². The maximum atomic E-state index is 12.3. The van der Waals surface area contributed by atoms with E-state index in [1.54, 1.807) is 0 Å². The minimum atomic E-state index is -1.64. The highest BCUT2D eigenvalue weighted by Crippen LogP contribution is 2.69. The smallest absolute Gasteiger partial charge is 0.303 e. The lowest BCUT2D eigenvalue weighted by molar-refractivity contribution is -0.308. The molecule has 0 spiro atoms. The molecular formula is C31H52O6. The van der Waals surface area contributed by atoms with Gasteiger partial charge >= 0.3 is 11.9 Å². The number of aliphatic hydroxyl groups is 2. The molecule has 0 heterocycles. The van der Waals surface area contributed by atoms with Crippen molar-refractivity contribution < 1.29 is 29.3 Å². The van der Waals surface area contributed by atoms with E-state index < -0.39 is 41.3 Å². The van der Waals surface area contributed by atoms with E-state index in [0.717, 1.165) is 18.8 Å². The molecule has 4 aliphatic carbocycles. The van der Waals surface area contributed by atoms with E-state index in [2.05, 4.69) is 34.6 Å². The first-order valence-electron chi connectivity index (χ1n) is 15.0. The second-order valence-electron chi connectivity index (χ2n) is 14.1. The summed E-state index contributed by atoms with van der Waals surface area (Å²) in [5.41, 5.74) is -2.00. The summed E-state index contributed by atoms with van der Waals surface area (Å²) in [7, 11) is 0. The third kappa shape index (κ3) is 4.77. The maximum Gasteiger partial charge on any atom is 0.303 e. The molecule has 2 N–H and O–H groups in total. The Kier molecular flexibility index (Phi) is 8.15. The molecule has 4 fully saturated rings. The zero-order valence-electron chi connectivity index (χ0n) is 24.3. The molecule has 6 heteroatoms. The fourth-order valence-electron chi connectivity index (χ4n) is 10.00. The Morgan fingerprint density at radius 3 is 2.22 bits per heavy atom. The van der Waals surface area contributed by atoms with Crippen LogP contribution in [0, 0.1) is 46.3 Å². The van der Waals surface area contributed by atoms with Gasteiger partial charge in [-0.2, -0.15) is 0 Å². The Labute approximate surface area is 224 Å². The van der Waals surface area contributed by atoms with Crippen LogP contribution in [0.2, 0.25) is 0 Å². The molecule has 11 atom stereocenters. The zero-order valence-corrected chi connectivity index (χ0v) is 24.3. The van der Waals surface area contributed by atoms with Crippen molar-refractivity contribution >= 4 is 11.9 Å². The van der Waals surface area contributed by atoms with Gasteiger partial charge in [0.15, 0.2) is 0 Å². The third-order valence-corrected chi connectivity index (χ3v) is 11.7. The molecule has 0 aliphatic heterocycles. The molecule has 4 saturated carbocycles. The summed E-state index contributed by atoms with van der Waals surface area (Å²) in [6.07, 6.45) is 7.30. The van der Waals surface area contributed by atoms with Crippen LogP contribution in [0.15, 0.2) is 0 Å². The Bertz CT molecular complexity index is 857. The van der Waals surface area contributed by atoms with Crippen molar-refractivity contribution in [1.82, 2.24) is 0 Å². The maximum absolute atomic E-state index is 12.3. The van der Waals surface area contributed by atoms with Gasteiger partial charge in [0.25, 0.3) is 0 Å². The van der Waals surface area contributed by atoms with Gasteiger partial charge in [-0.3, -0.25) is 9.59 Å². The summed E-state index contributed by atoms with van der Waals surface area (Å²) in [6.45, 7) is 14.4. The van der Waals surface area contributed by atoms with Crippen LogP contribution in [-0.2, 0) is 19.1 Å². The minimum Gasteiger partial charge on any atom is -0.460 e. The molecule has 0 saturated heterocycles. The van der Waals surface area contributed by atoms with Gasteiger partial charge in [-0.05, 0) is 85.9 Å². The van der Waals surface area contributed by atoms with Gasteiger partial charge in [0.2, 0.25) is 0 Å². The van der Waals surface area contributed by atoms with Crippen LogP contribution in [0.1, 0.15) is 113 Å². The molecule has 0 radical (unpaired) electrons. The van der Waals surface area contributed by atoms with E-state index in [9.17, 15) is 19.8 Å². The van der Waals surface area contributed by atoms with Gasteiger partial charge in [0.1, 0.15) is 23.9 Å². The van der Waals surface area contributed by atoms with Gasteiger partial charge in [-0.1, -0.05) is 53.9 Å². The van der Waals surface area contributed by atoms with Crippen LogP contribution in [0.5, 0.6) is 0 Å². The molecule has 0 aromatic carbocycles. The number of hydrogen-bond donors (Lipinski definition) is 2. The normalized spacial score (nSPS) is 45.9. The van der Waals surface area contributed by atoms with E-state index >= 15 is 0 Å². The summed E-state index contributed by atoms with van der Waals surface area (Å²) >= 11 is 0. The average molecular weight is 521 g/mol. The van der Waals surface area contributed by atoms with E-state index in [-0.39, 0.29) is 11.3 Å². The van der Waals surface area contributed by atoms with Crippen molar-refractivity contribution in [3.05, 3.63) is 0 Å². The Morgan fingerprint density at radius 2 is 1.59 bits per heavy atom. The lowest BCUT2D eigenvalue weighted by Crippen LogP contribution is -2.75. The Hall–Kier alpha value is -1.14. The fourth-order valence-corrected chi connectivity index (χ4v) is 10.00. The number of fused-ring (bicyclic) bond motifs is 5. The van der Waals surface area contributed by atoms with Crippen LogP contribution in [-0.4, -0.2) is 46.1 Å². The molecule has 0 amide bonds. The highest BCUT2D eigenvalue weighted by molar-refractivity contribution is 5.67. The molecule has 0 unspecified atom stereocenters. The van der Waals surface area contributed by atoms with Crippen molar-refractivity contribution in [3.8, 4) is 0 Å². The van der Waals surface area contributed by atoms with E-state index in [0.29, 0.717) is 42.9 Å². The highest BCUT2D eigenvalue weighted by atomic mass is 16.6. The predicted octanol–water partition coefficient (Wildman–Crippen LogP) is 5.67. The molecule has 6 nitrogen and oxygen atoms in total. The van der Waals surface area contributed by atoms with Gasteiger partial charge < -0.3 is 19.7 Å². The van der Waals surface area contributed by atoms with E-state index in [1.807, 2.05) is 0 Å². The number of rotatable bonds is 7. The molecule has 4 aliphatic rings. The summed E-state index contributed by atoms with van der Waals surface area (Å²) < 4.78 is 11.3. The Balaban J connectivity index is 1.62. The van der Waals surface area contributed by atoms with Gasteiger partial charge in [0, 0.05) is 19.3 Å². The molecule has 0 aromatic rings. The number of carbonyl (C=O) groups is 2. The summed E-state index contributed by atoms with van der Waals surface area (Å²) in [6, 6.07) is 0. The van der Waals surface area contributed by atoms with Crippen molar-refractivity contribution in [2.45, 2.75) is 137 Å². The van der Waals surface area contributed by atoms with Crippen molar-refractivity contribution in [2.24, 2.45) is 46.3 Å². The largest absolute Gasteiger partial charge is 0.460 e. The van der Waals surface area contributed by atoms with Crippen LogP contribution in [0.3, 0.4) is 0 Å². The molecule has 4 rings (SSSR count). The fraction of sp³-hybridized carbons (Fsp3) is 0.935.